The number of thioether (sulfide) groups is 1. The number of likely N-dealkylation sites (N-methyl/N-ethyl adjacent to an activating group) is 1. The van der Waals surface area contributed by atoms with Crippen LogP contribution in [0.3, 0.4) is 0 Å². The van der Waals surface area contributed by atoms with E-state index in [1.165, 1.54) is 16.7 Å². The zero-order valence-corrected chi connectivity index (χ0v) is 19.8. The number of carbonyl (C=O) groups excluding carboxylic acids is 2. The van der Waals surface area contributed by atoms with Gasteiger partial charge >= 0.3 is 0 Å². The number of anilines is 1. The highest BCUT2D eigenvalue weighted by Crippen LogP contribution is 2.27. The van der Waals surface area contributed by atoms with Crippen LogP contribution in [0, 0.1) is 0 Å². The number of aromatic nitrogens is 4. The van der Waals surface area contributed by atoms with Gasteiger partial charge in [0.2, 0.25) is 11.8 Å². The van der Waals surface area contributed by atoms with E-state index in [-0.39, 0.29) is 24.1 Å². The van der Waals surface area contributed by atoms with Crippen molar-refractivity contribution in [3.63, 3.8) is 0 Å². The number of nitrogens with zero attached hydrogens (tertiary/aromatic N) is 5. The van der Waals surface area contributed by atoms with Crippen LogP contribution in [0.2, 0.25) is 5.02 Å². The summed E-state index contributed by atoms with van der Waals surface area (Å²) in [6.07, 6.45) is 3.39. The number of carbonyl (C=O) groups is 2. The van der Waals surface area contributed by atoms with E-state index < -0.39 is 0 Å². The Bertz CT molecular complexity index is 1280. The molecular weight excluding hydrogens is 472 g/mol. The molecule has 0 spiro atoms. The van der Waals surface area contributed by atoms with Crippen molar-refractivity contribution < 1.29 is 9.59 Å². The van der Waals surface area contributed by atoms with Crippen LogP contribution in [0.4, 0.5) is 5.69 Å². The molecule has 172 valence electrons. The first-order chi connectivity index (χ1) is 16.5. The lowest BCUT2D eigenvalue weighted by Crippen LogP contribution is -2.36. The highest BCUT2D eigenvalue weighted by atomic mass is 35.5. The second kappa shape index (κ2) is 11.0. The molecule has 0 saturated carbocycles. The highest BCUT2D eigenvalue weighted by molar-refractivity contribution is 7.99. The summed E-state index contributed by atoms with van der Waals surface area (Å²) >= 11 is 7.34. The number of nitrogens with one attached hydrogen (secondary N) is 1. The van der Waals surface area contributed by atoms with E-state index in [0.717, 1.165) is 11.3 Å². The number of benzene rings is 2. The average Bonchev–Trinajstić information content (AvgIpc) is 3.29. The Kier molecular flexibility index (Phi) is 7.56. The maximum atomic E-state index is 12.7. The fourth-order valence-electron chi connectivity index (χ4n) is 3.15. The summed E-state index contributed by atoms with van der Waals surface area (Å²) in [5, 5.41) is 12.4. The molecule has 0 radical (unpaired) electrons. The van der Waals surface area contributed by atoms with Gasteiger partial charge in [-0.25, -0.2) is 0 Å². The standard InChI is InChI=1S/C24H21ClN6O2S/c1-30(15-21(32)27-20-10-6-5-9-19(20)25)22(33)16-34-24-29-28-23(17-11-13-26-14-12-17)31(24)18-7-3-2-4-8-18/h2-14H,15-16H2,1H3,(H,27,32). The van der Waals surface area contributed by atoms with Gasteiger partial charge in [0, 0.05) is 30.7 Å². The lowest BCUT2D eigenvalue weighted by atomic mass is 10.2. The molecule has 0 aliphatic carbocycles. The number of hydrogen-bond donors (Lipinski definition) is 1. The third kappa shape index (κ3) is 5.62. The molecule has 2 aromatic heterocycles. The Labute approximate surface area is 206 Å². The monoisotopic (exact) mass is 492 g/mol. The maximum absolute atomic E-state index is 12.7. The van der Waals surface area contributed by atoms with Gasteiger partial charge in [0.25, 0.3) is 0 Å². The molecule has 8 nitrogen and oxygen atoms in total. The van der Waals surface area contributed by atoms with Crippen molar-refractivity contribution in [2.45, 2.75) is 5.16 Å². The highest BCUT2D eigenvalue weighted by Gasteiger charge is 2.19. The summed E-state index contributed by atoms with van der Waals surface area (Å²) in [4.78, 5) is 30.5. The van der Waals surface area contributed by atoms with E-state index in [1.54, 1.807) is 43.7 Å². The number of hydrogen-bond acceptors (Lipinski definition) is 6. The van der Waals surface area contributed by atoms with E-state index in [1.807, 2.05) is 47.0 Å². The molecule has 2 heterocycles. The van der Waals surface area contributed by atoms with Crippen molar-refractivity contribution in [1.29, 1.82) is 0 Å². The lowest BCUT2D eigenvalue weighted by molar-refractivity contribution is -0.131. The van der Waals surface area contributed by atoms with Crippen molar-refractivity contribution in [3.05, 3.63) is 84.1 Å². The second-order valence-corrected chi connectivity index (χ2v) is 8.63. The fraction of sp³-hybridized carbons (Fsp3) is 0.125. The minimum Gasteiger partial charge on any atom is -0.336 e. The van der Waals surface area contributed by atoms with Gasteiger partial charge in [-0.15, -0.1) is 10.2 Å². The molecule has 4 aromatic rings. The van der Waals surface area contributed by atoms with Crippen molar-refractivity contribution in [1.82, 2.24) is 24.6 Å². The molecule has 2 aromatic carbocycles. The molecule has 34 heavy (non-hydrogen) atoms. The number of para-hydroxylation sites is 2. The van der Waals surface area contributed by atoms with Crippen LogP contribution in [-0.2, 0) is 9.59 Å². The fourth-order valence-corrected chi connectivity index (χ4v) is 4.23. The van der Waals surface area contributed by atoms with E-state index in [2.05, 4.69) is 20.5 Å². The van der Waals surface area contributed by atoms with Gasteiger partial charge in [-0.3, -0.25) is 19.1 Å². The van der Waals surface area contributed by atoms with Gasteiger partial charge < -0.3 is 10.2 Å². The molecule has 0 aliphatic heterocycles. The van der Waals surface area contributed by atoms with E-state index in [0.29, 0.717) is 21.7 Å². The summed E-state index contributed by atoms with van der Waals surface area (Å²) in [5.74, 6) is 0.196. The van der Waals surface area contributed by atoms with Crippen LogP contribution in [0.25, 0.3) is 17.1 Å². The minimum absolute atomic E-state index is 0.0944. The molecule has 0 saturated heterocycles. The third-order valence-corrected chi connectivity index (χ3v) is 6.11. The second-order valence-electron chi connectivity index (χ2n) is 7.28. The van der Waals surface area contributed by atoms with Crippen LogP contribution in [0.5, 0.6) is 0 Å². The first-order valence-corrected chi connectivity index (χ1v) is 11.7. The van der Waals surface area contributed by atoms with E-state index in [9.17, 15) is 9.59 Å². The van der Waals surface area contributed by atoms with Crippen molar-refractivity contribution in [2.75, 3.05) is 24.7 Å². The zero-order chi connectivity index (χ0) is 23.9. The average molecular weight is 493 g/mol. The van der Waals surface area contributed by atoms with Crippen LogP contribution in [0.1, 0.15) is 0 Å². The maximum Gasteiger partial charge on any atom is 0.244 e. The molecule has 0 bridgehead atoms. The lowest BCUT2D eigenvalue weighted by Gasteiger charge is -2.17. The van der Waals surface area contributed by atoms with Gasteiger partial charge in [-0.05, 0) is 36.4 Å². The minimum atomic E-state index is -0.332. The topological polar surface area (TPSA) is 93.0 Å². The SMILES string of the molecule is CN(CC(=O)Nc1ccccc1Cl)C(=O)CSc1nnc(-c2ccncc2)n1-c1ccccc1. The van der Waals surface area contributed by atoms with Crippen LogP contribution in [-0.4, -0.2) is 55.8 Å². The molecule has 0 atom stereocenters. The summed E-state index contributed by atoms with van der Waals surface area (Å²) < 4.78 is 1.90. The van der Waals surface area contributed by atoms with Crippen LogP contribution >= 0.6 is 23.4 Å². The number of halogens is 1. The molecular formula is C24H21ClN6O2S. The van der Waals surface area contributed by atoms with Gasteiger partial charge in [0.15, 0.2) is 11.0 Å². The first-order valence-electron chi connectivity index (χ1n) is 10.4. The van der Waals surface area contributed by atoms with Crippen LogP contribution in [0.15, 0.2) is 84.3 Å². The van der Waals surface area contributed by atoms with E-state index >= 15 is 0 Å². The molecule has 10 heteroatoms. The quantitative estimate of drug-likeness (QED) is 0.371. The third-order valence-electron chi connectivity index (χ3n) is 4.87. The number of rotatable bonds is 8. The molecule has 0 aliphatic rings. The summed E-state index contributed by atoms with van der Waals surface area (Å²) in [5.41, 5.74) is 2.24. The largest absolute Gasteiger partial charge is 0.336 e. The first kappa shape index (κ1) is 23.5. The van der Waals surface area contributed by atoms with Crippen LogP contribution < -0.4 is 5.32 Å². The van der Waals surface area contributed by atoms with Gasteiger partial charge in [-0.1, -0.05) is 53.7 Å². The predicted octanol–water partition coefficient (Wildman–Crippen LogP) is 4.17. The molecule has 2 amide bonds. The summed E-state index contributed by atoms with van der Waals surface area (Å²) in [6.45, 7) is -0.0990. The number of pyridine rings is 1. The molecule has 1 N–H and O–H groups in total. The van der Waals surface area contributed by atoms with Crippen molar-refractivity contribution in [3.8, 4) is 17.1 Å². The smallest absolute Gasteiger partial charge is 0.244 e. The Balaban J connectivity index is 1.45. The Morgan fingerprint density at radius 2 is 1.71 bits per heavy atom. The van der Waals surface area contributed by atoms with E-state index in [4.69, 9.17) is 11.6 Å². The number of amides is 2. The molecule has 0 fully saturated rings. The molecule has 0 unspecified atom stereocenters. The van der Waals surface area contributed by atoms with Gasteiger partial charge in [0.05, 0.1) is 23.0 Å². The van der Waals surface area contributed by atoms with Gasteiger partial charge in [-0.2, -0.15) is 0 Å². The zero-order valence-electron chi connectivity index (χ0n) is 18.3. The van der Waals surface area contributed by atoms with Gasteiger partial charge in [0.1, 0.15) is 0 Å². The van der Waals surface area contributed by atoms with Crippen molar-refractivity contribution in [2.24, 2.45) is 0 Å². The Hall–Kier alpha value is -3.69. The summed E-state index contributed by atoms with van der Waals surface area (Å²) in [6, 6.07) is 20.3. The predicted molar refractivity (Wildman–Crippen MR) is 133 cm³/mol. The summed E-state index contributed by atoms with van der Waals surface area (Å²) in [7, 11) is 1.58. The van der Waals surface area contributed by atoms with Crippen molar-refractivity contribution >= 4 is 40.9 Å². The molecule has 4 rings (SSSR count). The normalized spacial score (nSPS) is 10.6. The Morgan fingerprint density at radius 1 is 1.00 bits per heavy atom. The Morgan fingerprint density at radius 3 is 2.44 bits per heavy atom.